The highest BCUT2D eigenvalue weighted by molar-refractivity contribution is 5.76. The molecule has 1 aliphatic heterocycles. The van der Waals surface area contributed by atoms with Gasteiger partial charge in [0.25, 0.3) is 0 Å². The lowest BCUT2D eigenvalue weighted by molar-refractivity contribution is 0.812. The van der Waals surface area contributed by atoms with Crippen molar-refractivity contribution < 1.29 is 0 Å². The van der Waals surface area contributed by atoms with Gasteiger partial charge in [-0.15, -0.1) is 0 Å². The molecule has 10 heavy (non-hydrogen) atoms. The highest BCUT2D eigenvalue weighted by Crippen LogP contribution is 2.06. The third-order valence-corrected chi connectivity index (χ3v) is 1.49. The molecule has 0 bridgehead atoms. The van der Waals surface area contributed by atoms with Crippen LogP contribution in [0.15, 0.2) is 28.9 Å². The van der Waals surface area contributed by atoms with Gasteiger partial charge in [-0.1, -0.05) is 19.4 Å². The van der Waals surface area contributed by atoms with Crippen molar-refractivity contribution in [1.29, 1.82) is 0 Å². The summed E-state index contributed by atoms with van der Waals surface area (Å²) in [7, 11) is 0. The number of unbranched alkanes of at least 4 members (excludes halogenated alkanes) is 2. The second kappa shape index (κ2) is 4.04. The lowest BCUT2D eigenvalue weighted by atomic mass is 10.2. The molecule has 1 heteroatoms. The Morgan fingerprint density at radius 1 is 1.60 bits per heavy atom. The molecule has 0 spiro atoms. The summed E-state index contributed by atoms with van der Waals surface area (Å²) in [5.74, 6) is 0. The molecule has 54 valence electrons. The average Bonchev–Trinajstić information content (AvgIpc) is 2.41. The fourth-order valence-electron chi connectivity index (χ4n) is 0.889. The molecule has 0 aromatic rings. The van der Waals surface area contributed by atoms with Crippen molar-refractivity contribution in [2.75, 3.05) is 0 Å². The first-order valence-electron chi connectivity index (χ1n) is 3.84. The van der Waals surface area contributed by atoms with Gasteiger partial charge in [0, 0.05) is 6.21 Å². The molecule has 0 saturated carbocycles. The molecule has 0 radical (unpaired) electrons. The van der Waals surface area contributed by atoms with Crippen LogP contribution in [0.5, 0.6) is 0 Å². The number of allylic oxidation sites excluding steroid dienone is 3. The van der Waals surface area contributed by atoms with E-state index in [0.29, 0.717) is 0 Å². The summed E-state index contributed by atoms with van der Waals surface area (Å²) < 4.78 is 0. The van der Waals surface area contributed by atoms with E-state index in [0.717, 1.165) is 12.1 Å². The third-order valence-electron chi connectivity index (χ3n) is 1.49. The smallest absolute Gasteiger partial charge is 0.0590 e. The first-order chi connectivity index (χ1) is 4.93. The van der Waals surface area contributed by atoms with Crippen LogP contribution in [0.3, 0.4) is 0 Å². The van der Waals surface area contributed by atoms with E-state index in [2.05, 4.69) is 18.0 Å². The van der Waals surface area contributed by atoms with Gasteiger partial charge in [-0.05, 0) is 25.0 Å². The molecule has 0 aromatic heterocycles. The first kappa shape index (κ1) is 7.26. The Kier molecular flexibility index (Phi) is 2.94. The van der Waals surface area contributed by atoms with E-state index in [1.807, 2.05) is 18.4 Å². The summed E-state index contributed by atoms with van der Waals surface area (Å²) in [5, 5.41) is 0. The van der Waals surface area contributed by atoms with Crippen LogP contribution in [0.2, 0.25) is 0 Å². The summed E-state index contributed by atoms with van der Waals surface area (Å²) >= 11 is 0. The largest absolute Gasteiger partial charge is 0.257 e. The SMILES string of the molecule is CCCCC=C1C=CC=N1. The standard InChI is InChI=1S/C9H13N/c1-2-3-4-6-9-7-5-8-10-9/h5-8H,2-4H2,1H3. The minimum atomic E-state index is 1.12. The zero-order chi connectivity index (χ0) is 7.23. The van der Waals surface area contributed by atoms with E-state index in [-0.39, 0.29) is 0 Å². The van der Waals surface area contributed by atoms with Gasteiger partial charge in [0.1, 0.15) is 0 Å². The fraction of sp³-hybridized carbons (Fsp3) is 0.444. The normalized spacial score (nSPS) is 19.1. The van der Waals surface area contributed by atoms with E-state index in [1.54, 1.807) is 0 Å². The minimum Gasteiger partial charge on any atom is -0.257 e. The van der Waals surface area contributed by atoms with Crippen molar-refractivity contribution >= 4 is 6.21 Å². The van der Waals surface area contributed by atoms with Crippen molar-refractivity contribution in [3.8, 4) is 0 Å². The monoisotopic (exact) mass is 135 g/mol. The topological polar surface area (TPSA) is 12.4 Å². The van der Waals surface area contributed by atoms with Crippen LogP contribution >= 0.6 is 0 Å². The van der Waals surface area contributed by atoms with E-state index in [4.69, 9.17) is 0 Å². The summed E-state index contributed by atoms with van der Waals surface area (Å²) in [6, 6.07) is 0. The fourth-order valence-corrected chi connectivity index (χ4v) is 0.889. The molecule has 1 heterocycles. The molecule has 0 amide bonds. The predicted octanol–water partition coefficient (Wildman–Crippen LogP) is 2.70. The van der Waals surface area contributed by atoms with Crippen LogP contribution in [-0.2, 0) is 0 Å². The Hall–Kier alpha value is -0.850. The lowest BCUT2D eigenvalue weighted by Crippen LogP contribution is -1.70. The Morgan fingerprint density at radius 3 is 3.10 bits per heavy atom. The Labute approximate surface area is 62.2 Å². The van der Waals surface area contributed by atoms with E-state index in [9.17, 15) is 0 Å². The number of rotatable bonds is 3. The average molecular weight is 135 g/mol. The molecule has 0 aromatic carbocycles. The van der Waals surface area contributed by atoms with E-state index in [1.165, 1.54) is 12.8 Å². The van der Waals surface area contributed by atoms with Crippen LogP contribution in [0.25, 0.3) is 0 Å². The zero-order valence-electron chi connectivity index (χ0n) is 6.38. The maximum atomic E-state index is 4.13. The van der Waals surface area contributed by atoms with Crippen LogP contribution in [0, 0.1) is 0 Å². The van der Waals surface area contributed by atoms with Crippen LogP contribution in [-0.4, -0.2) is 6.21 Å². The lowest BCUT2D eigenvalue weighted by Gasteiger charge is -1.89. The molecule has 0 aliphatic carbocycles. The van der Waals surface area contributed by atoms with Gasteiger partial charge < -0.3 is 0 Å². The molecular weight excluding hydrogens is 122 g/mol. The quantitative estimate of drug-likeness (QED) is 0.527. The Morgan fingerprint density at radius 2 is 2.50 bits per heavy atom. The van der Waals surface area contributed by atoms with Crippen molar-refractivity contribution in [2.45, 2.75) is 26.2 Å². The van der Waals surface area contributed by atoms with Crippen molar-refractivity contribution in [1.82, 2.24) is 0 Å². The summed E-state index contributed by atoms with van der Waals surface area (Å²) in [5.41, 5.74) is 1.12. The maximum absolute atomic E-state index is 4.13. The van der Waals surface area contributed by atoms with Crippen molar-refractivity contribution in [3.05, 3.63) is 23.9 Å². The first-order valence-corrected chi connectivity index (χ1v) is 3.84. The molecule has 0 atom stereocenters. The second-order valence-electron chi connectivity index (χ2n) is 2.41. The highest BCUT2D eigenvalue weighted by Gasteiger charge is 1.90. The molecular formula is C9H13N. The second-order valence-corrected chi connectivity index (χ2v) is 2.41. The predicted molar refractivity (Wildman–Crippen MR) is 45.2 cm³/mol. The summed E-state index contributed by atoms with van der Waals surface area (Å²) in [6.45, 7) is 2.20. The van der Waals surface area contributed by atoms with Crippen LogP contribution in [0.4, 0.5) is 0 Å². The van der Waals surface area contributed by atoms with Gasteiger partial charge in [0.2, 0.25) is 0 Å². The minimum absolute atomic E-state index is 1.12. The Bertz CT molecular complexity index is 161. The molecule has 1 nitrogen and oxygen atoms in total. The highest BCUT2D eigenvalue weighted by atomic mass is 14.7. The van der Waals surface area contributed by atoms with Gasteiger partial charge >= 0.3 is 0 Å². The number of hydrogen-bond donors (Lipinski definition) is 0. The third kappa shape index (κ3) is 2.18. The van der Waals surface area contributed by atoms with Gasteiger partial charge in [0.15, 0.2) is 0 Å². The molecule has 1 rings (SSSR count). The summed E-state index contributed by atoms with van der Waals surface area (Å²) in [6.07, 6.45) is 11.7. The van der Waals surface area contributed by atoms with E-state index >= 15 is 0 Å². The van der Waals surface area contributed by atoms with Crippen LogP contribution < -0.4 is 0 Å². The molecule has 1 aliphatic rings. The molecule has 0 fully saturated rings. The van der Waals surface area contributed by atoms with Gasteiger partial charge in [0.05, 0.1) is 5.70 Å². The van der Waals surface area contributed by atoms with Gasteiger partial charge in [-0.25, -0.2) is 0 Å². The molecule has 0 N–H and O–H groups in total. The number of nitrogens with zero attached hydrogens (tertiary/aromatic N) is 1. The number of aliphatic imine (C=N–C) groups is 1. The van der Waals surface area contributed by atoms with Crippen molar-refractivity contribution in [2.24, 2.45) is 4.99 Å². The zero-order valence-corrected chi connectivity index (χ0v) is 6.38. The van der Waals surface area contributed by atoms with Gasteiger partial charge in [-0.3, -0.25) is 4.99 Å². The summed E-state index contributed by atoms with van der Waals surface area (Å²) in [4.78, 5) is 4.13. The Balaban J connectivity index is 2.26. The molecule has 0 saturated heterocycles. The maximum Gasteiger partial charge on any atom is 0.0590 e. The number of hydrogen-bond acceptors (Lipinski definition) is 1. The van der Waals surface area contributed by atoms with Crippen LogP contribution in [0.1, 0.15) is 26.2 Å². The van der Waals surface area contributed by atoms with Crippen molar-refractivity contribution in [3.63, 3.8) is 0 Å². The van der Waals surface area contributed by atoms with Gasteiger partial charge in [-0.2, -0.15) is 0 Å². The van der Waals surface area contributed by atoms with E-state index < -0.39 is 0 Å². The molecule has 0 unspecified atom stereocenters.